The monoisotopic (exact) mass is 271 g/mol. The molecule has 1 N–H and O–H groups in total. The molecule has 0 radical (unpaired) electrons. The molecule has 18 heavy (non-hydrogen) atoms. The van der Waals surface area contributed by atoms with E-state index in [1.807, 2.05) is 0 Å². The Hall–Kier alpha value is -1.11. The number of rotatable bonds is 9. The van der Waals surface area contributed by atoms with Gasteiger partial charge in [-0.2, -0.15) is 0 Å². The van der Waals surface area contributed by atoms with Gasteiger partial charge in [0, 0.05) is 32.3 Å². The predicted molar refractivity (Wildman–Crippen MR) is 69.2 cm³/mol. The average molecular weight is 271 g/mol. The summed E-state index contributed by atoms with van der Waals surface area (Å²) in [6, 6.07) is 3.05. The second kappa shape index (κ2) is 8.91. The predicted octanol–water partition coefficient (Wildman–Crippen LogP) is 1.93. The standard InChI is InChI=1S/C12H17NO4S/c1-16-5-2-6-17-7-8-18-11-9-10(12(14)15)3-4-13-11/h3-4,9H,2,5-8H2,1H3,(H,14,15). The number of aromatic carboxylic acids is 1. The Morgan fingerprint density at radius 2 is 2.28 bits per heavy atom. The average Bonchev–Trinajstić information content (AvgIpc) is 2.38. The summed E-state index contributed by atoms with van der Waals surface area (Å²) < 4.78 is 10.3. The summed E-state index contributed by atoms with van der Waals surface area (Å²) in [7, 11) is 1.66. The highest BCUT2D eigenvalue weighted by Gasteiger charge is 2.04. The first-order chi connectivity index (χ1) is 8.74. The molecule has 0 aliphatic carbocycles. The third kappa shape index (κ3) is 6.00. The lowest BCUT2D eigenvalue weighted by Crippen LogP contribution is -2.02. The van der Waals surface area contributed by atoms with E-state index < -0.39 is 5.97 Å². The molecule has 5 nitrogen and oxygen atoms in total. The second-order valence-corrected chi connectivity index (χ2v) is 4.61. The maximum Gasteiger partial charge on any atom is 0.335 e. The van der Waals surface area contributed by atoms with E-state index in [2.05, 4.69) is 4.98 Å². The topological polar surface area (TPSA) is 68.7 Å². The summed E-state index contributed by atoms with van der Waals surface area (Å²) >= 11 is 1.49. The Labute approximate surface area is 111 Å². The number of methoxy groups -OCH3 is 1. The highest BCUT2D eigenvalue weighted by Crippen LogP contribution is 2.15. The van der Waals surface area contributed by atoms with Gasteiger partial charge in [-0.1, -0.05) is 0 Å². The fraction of sp³-hybridized carbons (Fsp3) is 0.500. The van der Waals surface area contributed by atoms with E-state index in [4.69, 9.17) is 14.6 Å². The number of hydrogen-bond acceptors (Lipinski definition) is 5. The van der Waals surface area contributed by atoms with Crippen LogP contribution in [0.1, 0.15) is 16.8 Å². The van der Waals surface area contributed by atoms with Crippen molar-refractivity contribution in [3.05, 3.63) is 23.9 Å². The van der Waals surface area contributed by atoms with E-state index in [-0.39, 0.29) is 5.56 Å². The molecule has 0 atom stereocenters. The van der Waals surface area contributed by atoms with Crippen LogP contribution in [0.3, 0.4) is 0 Å². The fourth-order valence-electron chi connectivity index (χ4n) is 1.23. The first-order valence-corrected chi connectivity index (χ1v) is 6.61. The molecule has 100 valence electrons. The first kappa shape index (κ1) is 14.9. The van der Waals surface area contributed by atoms with Gasteiger partial charge in [-0.05, 0) is 18.6 Å². The molecular weight excluding hydrogens is 254 g/mol. The normalized spacial score (nSPS) is 10.5. The number of carboxylic acid groups (broad SMARTS) is 1. The minimum Gasteiger partial charge on any atom is -0.478 e. The van der Waals surface area contributed by atoms with Gasteiger partial charge in [0.05, 0.1) is 17.2 Å². The maximum atomic E-state index is 10.8. The molecular formula is C12H17NO4S. The zero-order valence-electron chi connectivity index (χ0n) is 10.3. The molecule has 0 saturated carbocycles. The molecule has 0 saturated heterocycles. The molecule has 0 spiro atoms. The molecule has 0 amide bonds. The number of pyridine rings is 1. The Balaban J connectivity index is 2.19. The third-order valence-electron chi connectivity index (χ3n) is 2.10. The summed E-state index contributed by atoms with van der Waals surface area (Å²) in [5, 5.41) is 9.53. The Morgan fingerprint density at radius 3 is 3.00 bits per heavy atom. The van der Waals surface area contributed by atoms with Crippen LogP contribution in [-0.2, 0) is 9.47 Å². The quantitative estimate of drug-likeness (QED) is 0.546. The van der Waals surface area contributed by atoms with Crippen molar-refractivity contribution in [1.29, 1.82) is 0 Å². The molecule has 1 aromatic rings. The molecule has 0 bridgehead atoms. The van der Waals surface area contributed by atoms with E-state index in [1.54, 1.807) is 13.2 Å². The van der Waals surface area contributed by atoms with Gasteiger partial charge in [-0.15, -0.1) is 11.8 Å². The third-order valence-corrected chi connectivity index (χ3v) is 2.99. The van der Waals surface area contributed by atoms with Gasteiger partial charge in [-0.3, -0.25) is 0 Å². The van der Waals surface area contributed by atoms with Gasteiger partial charge in [0.1, 0.15) is 0 Å². The van der Waals surface area contributed by atoms with Gasteiger partial charge in [0.15, 0.2) is 0 Å². The zero-order valence-corrected chi connectivity index (χ0v) is 11.1. The molecule has 1 rings (SSSR count). The highest BCUT2D eigenvalue weighted by molar-refractivity contribution is 7.99. The van der Waals surface area contributed by atoms with Crippen molar-refractivity contribution in [3.63, 3.8) is 0 Å². The van der Waals surface area contributed by atoms with Crippen LogP contribution in [0.15, 0.2) is 23.4 Å². The van der Waals surface area contributed by atoms with Gasteiger partial charge >= 0.3 is 5.97 Å². The van der Waals surface area contributed by atoms with Crippen molar-refractivity contribution in [1.82, 2.24) is 4.98 Å². The summed E-state index contributed by atoms with van der Waals surface area (Å²) in [5.41, 5.74) is 0.258. The van der Waals surface area contributed by atoms with Crippen LogP contribution in [0.2, 0.25) is 0 Å². The minimum atomic E-state index is -0.935. The lowest BCUT2D eigenvalue weighted by Gasteiger charge is -2.04. The lowest BCUT2D eigenvalue weighted by atomic mass is 10.3. The van der Waals surface area contributed by atoms with Crippen molar-refractivity contribution < 1.29 is 19.4 Å². The van der Waals surface area contributed by atoms with E-state index in [9.17, 15) is 4.79 Å². The van der Waals surface area contributed by atoms with Crippen LogP contribution in [0.25, 0.3) is 0 Å². The highest BCUT2D eigenvalue weighted by atomic mass is 32.2. The Kier molecular flexibility index (Phi) is 7.40. The molecule has 1 aromatic heterocycles. The number of carboxylic acids is 1. The van der Waals surface area contributed by atoms with Crippen LogP contribution >= 0.6 is 11.8 Å². The van der Waals surface area contributed by atoms with Crippen LogP contribution in [-0.4, -0.2) is 48.7 Å². The molecule has 0 fully saturated rings. The zero-order chi connectivity index (χ0) is 13.2. The van der Waals surface area contributed by atoms with Crippen LogP contribution in [0.5, 0.6) is 0 Å². The number of aromatic nitrogens is 1. The molecule has 6 heteroatoms. The van der Waals surface area contributed by atoms with E-state index >= 15 is 0 Å². The molecule has 1 heterocycles. The van der Waals surface area contributed by atoms with Crippen LogP contribution < -0.4 is 0 Å². The lowest BCUT2D eigenvalue weighted by molar-refractivity contribution is 0.0696. The number of hydrogen-bond donors (Lipinski definition) is 1. The summed E-state index contributed by atoms with van der Waals surface area (Å²) in [4.78, 5) is 14.8. The first-order valence-electron chi connectivity index (χ1n) is 5.63. The van der Waals surface area contributed by atoms with Gasteiger partial charge in [-0.25, -0.2) is 9.78 Å². The van der Waals surface area contributed by atoms with Crippen molar-refractivity contribution >= 4 is 17.7 Å². The van der Waals surface area contributed by atoms with Crippen molar-refractivity contribution in [3.8, 4) is 0 Å². The smallest absolute Gasteiger partial charge is 0.335 e. The SMILES string of the molecule is COCCCOCCSc1cc(C(=O)O)ccn1. The maximum absolute atomic E-state index is 10.8. The van der Waals surface area contributed by atoms with E-state index in [0.717, 1.165) is 12.2 Å². The largest absolute Gasteiger partial charge is 0.478 e. The van der Waals surface area contributed by atoms with Crippen LogP contribution in [0, 0.1) is 0 Å². The number of carbonyl (C=O) groups is 1. The van der Waals surface area contributed by atoms with Crippen molar-refractivity contribution in [2.24, 2.45) is 0 Å². The van der Waals surface area contributed by atoms with Crippen molar-refractivity contribution in [2.75, 3.05) is 32.7 Å². The number of thioether (sulfide) groups is 1. The number of ether oxygens (including phenoxy) is 2. The summed E-state index contributed by atoms with van der Waals surface area (Å²) in [6.45, 7) is 2.00. The van der Waals surface area contributed by atoms with Crippen LogP contribution in [0.4, 0.5) is 0 Å². The van der Waals surface area contributed by atoms with Gasteiger partial charge in [0.25, 0.3) is 0 Å². The minimum absolute atomic E-state index is 0.258. The van der Waals surface area contributed by atoms with E-state index in [1.165, 1.54) is 24.0 Å². The van der Waals surface area contributed by atoms with Crippen molar-refractivity contribution in [2.45, 2.75) is 11.4 Å². The van der Waals surface area contributed by atoms with Gasteiger partial charge in [0.2, 0.25) is 0 Å². The molecule has 0 aliphatic rings. The summed E-state index contributed by atoms with van der Waals surface area (Å²) in [5.74, 6) is -0.182. The van der Waals surface area contributed by atoms with Gasteiger partial charge < -0.3 is 14.6 Å². The molecule has 0 aliphatic heterocycles. The molecule has 0 unspecified atom stereocenters. The fourth-order valence-corrected chi connectivity index (χ4v) is 1.99. The Morgan fingerprint density at radius 1 is 1.44 bits per heavy atom. The Bertz CT molecular complexity index is 373. The summed E-state index contributed by atoms with van der Waals surface area (Å²) in [6.07, 6.45) is 2.39. The second-order valence-electron chi connectivity index (χ2n) is 3.50. The molecule has 0 aromatic carbocycles. The number of nitrogens with zero attached hydrogens (tertiary/aromatic N) is 1. The van der Waals surface area contributed by atoms with E-state index in [0.29, 0.717) is 24.8 Å².